The topological polar surface area (TPSA) is 108 Å². The Morgan fingerprint density at radius 2 is 1.87 bits per heavy atom. The lowest BCUT2D eigenvalue weighted by Gasteiger charge is -2.30. The summed E-state index contributed by atoms with van der Waals surface area (Å²) in [6.45, 7) is 3.83. The Labute approximate surface area is 182 Å². The fraction of sp³-hybridized carbons (Fsp3) is 0.611. The van der Waals surface area contributed by atoms with Gasteiger partial charge in [-0.25, -0.2) is 27.7 Å². The van der Waals surface area contributed by atoms with Crippen LogP contribution in [0.2, 0.25) is 0 Å². The van der Waals surface area contributed by atoms with E-state index in [0.717, 1.165) is 23.8 Å². The lowest BCUT2D eigenvalue weighted by atomic mass is 10.1. The standard InChI is InChI=1S/C18H24F3N5O3S2/c1-17(2,27)8-14-22-10-13(30-14)15-12(18(19,20)21)9-23-16(25-15)24-11-4-6-26(7-5-11)31(3,28)29/h9-11,27H,4-8H2,1-3H3,(H,23,24,25). The van der Waals surface area contributed by atoms with Crippen molar-refractivity contribution in [2.75, 3.05) is 24.7 Å². The van der Waals surface area contributed by atoms with Crippen molar-refractivity contribution in [2.45, 2.75) is 50.9 Å². The van der Waals surface area contributed by atoms with E-state index in [1.807, 2.05) is 0 Å². The number of thiazole rings is 1. The average Bonchev–Trinajstić information content (AvgIpc) is 3.07. The molecule has 13 heteroatoms. The molecule has 0 radical (unpaired) electrons. The second-order valence-corrected chi connectivity index (χ2v) is 11.2. The van der Waals surface area contributed by atoms with Gasteiger partial charge in [-0.2, -0.15) is 13.2 Å². The summed E-state index contributed by atoms with van der Waals surface area (Å²) in [4.78, 5) is 12.3. The molecule has 0 aliphatic carbocycles. The maximum atomic E-state index is 13.5. The van der Waals surface area contributed by atoms with E-state index in [1.54, 1.807) is 13.8 Å². The van der Waals surface area contributed by atoms with Gasteiger partial charge in [-0.15, -0.1) is 11.3 Å². The molecular formula is C18H24F3N5O3S2. The van der Waals surface area contributed by atoms with Crippen molar-refractivity contribution in [1.82, 2.24) is 19.3 Å². The van der Waals surface area contributed by atoms with E-state index < -0.39 is 27.4 Å². The summed E-state index contributed by atoms with van der Waals surface area (Å²) in [5.41, 5.74) is -2.29. The van der Waals surface area contributed by atoms with Crippen molar-refractivity contribution in [2.24, 2.45) is 0 Å². The number of nitrogens with one attached hydrogen (secondary N) is 1. The summed E-state index contributed by atoms with van der Waals surface area (Å²) >= 11 is 1.04. The van der Waals surface area contributed by atoms with Crippen LogP contribution in [-0.2, 0) is 22.6 Å². The number of sulfonamides is 1. The maximum Gasteiger partial charge on any atom is 0.420 e. The van der Waals surface area contributed by atoms with Crippen LogP contribution in [-0.4, -0.2) is 63.8 Å². The first-order chi connectivity index (χ1) is 14.2. The average molecular weight is 480 g/mol. The van der Waals surface area contributed by atoms with E-state index in [1.165, 1.54) is 10.5 Å². The van der Waals surface area contributed by atoms with Crippen molar-refractivity contribution < 1.29 is 26.7 Å². The molecule has 2 aromatic heterocycles. The molecule has 0 amide bonds. The summed E-state index contributed by atoms with van der Waals surface area (Å²) in [5.74, 6) is 0.0400. The SMILES string of the molecule is CC(C)(O)Cc1ncc(-c2nc(NC3CCN(S(C)(=O)=O)CC3)ncc2C(F)(F)F)s1. The molecule has 8 nitrogen and oxygen atoms in total. The Hall–Kier alpha value is -1.83. The van der Waals surface area contributed by atoms with Gasteiger partial charge in [0.15, 0.2) is 0 Å². The van der Waals surface area contributed by atoms with Gasteiger partial charge in [0.1, 0.15) is 5.56 Å². The number of aliphatic hydroxyl groups is 1. The highest BCUT2D eigenvalue weighted by Gasteiger charge is 2.36. The van der Waals surface area contributed by atoms with Gasteiger partial charge < -0.3 is 10.4 Å². The summed E-state index contributed by atoms with van der Waals surface area (Å²) < 4.78 is 65.2. The second kappa shape index (κ2) is 8.60. The third-order valence-corrected chi connectivity index (χ3v) is 7.03. The van der Waals surface area contributed by atoms with Crippen LogP contribution < -0.4 is 5.32 Å². The zero-order chi connectivity index (χ0) is 23.0. The minimum absolute atomic E-state index is 0.0400. The van der Waals surface area contributed by atoms with E-state index >= 15 is 0 Å². The molecule has 172 valence electrons. The lowest BCUT2D eigenvalue weighted by Crippen LogP contribution is -2.42. The van der Waals surface area contributed by atoms with Crippen molar-refractivity contribution in [1.29, 1.82) is 0 Å². The summed E-state index contributed by atoms with van der Waals surface area (Å²) in [6.07, 6.45) is -0.258. The third-order valence-electron chi connectivity index (χ3n) is 4.72. The number of aromatic nitrogens is 3. The van der Waals surface area contributed by atoms with Gasteiger partial charge in [0.05, 0.1) is 27.4 Å². The van der Waals surface area contributed by atoms with Crippen LogP contribution in [0.1, 0.15) is 37.3 Å². The Balaban J connectivity index is 1.83. The predicted octanol–water partition coefficient (Wildman–Crippen LogP) is 2.77. The number of anilines is 1. The molecule has 0 aromatic carbocycles. The van der Waals surface area contributed by atoms with Crippen molar-refractivity contribution in [3.63, 3.8) is 0 Å². The molecule has 1 fully saturated rings. The molecule has 0 unspecified atom stereocenters. The van der Waals surface area contributed by atoms with Crippen LogP contribution in [0, 0.1) is 0 Å². The van der Waals surface area contributed by atoms with Crippen molar-refractivity contribution in [3.05, 3.63) is 23.0 Å². The molecule has 0 spiro atoms. The number of piperidine rings is 1. The monoisotopic (exact) mass is 479 g/mol. The first kappa shape index (κ1) is 23.8. The molecule has 31 heavy (non-hydrogen) atoms. The number of alkyl halides is 3. The minimum Gasteiger partial charge on any atom is -0.390 e. The Morgan fingerprint density at radius 3 is 2.42 bits per heavy atom. The van der Waals surface area contributed by atoms with Gasteiger partial charge in [-0.05, 0) is 26.7 Å². The highest BCUT2D eigenvalue weighted by molar-refractivity contribution is 7.88. The van der Waals surface area contributed by atoms with Crippen LogP contribution in [0.25, 0.3) is 10.6 Å². The molecule has 1 aliphatic rings. The van der Waals surface area contributed by atoms with Crippen molar-refractivity contribution >= 4 is 27.3 Å². The molecule has 1 saturated heterocycles. The van der Waals surface area contributed by atoms with Gasteiger partial charge in [0.25, 0.3) is 0 Å². The van der Waals surface area contributed by atoms with E-state index in [9.17, 15) is 26.7 Å². The van der Waals surface area contributed by atoms with E-state index in [2.05, 4.69) is 20.3 Å². The van der Waals surface area contributed by atoms with E-state index in [0.29, 0.717) is 30.9 Å². The Bertz CT molecular complexity index is 1030. The van der Waals surface area contributed by atoms with Gasteiger partial charge in [0.2, 0.25) is 16.0 Å². The normalized spacial score (nSPS) is 17.1. The largest absolute Gasteiger partial charge is 0.420 e. The second-order valence-electron chi connectivity index (χ2n) is 8.14. The molecule has 2 aromatic rings. The van der Waals surface area contributed by atoms with Gasteiger partial charge >= 0.3 is 6.18 Å². The molecule has 3 heterocycles. The fourth-order valence-corrected chi connectivity index (χ4v) is 5.25. The fourth-order valence-electron chi connectivity index (χ4n) is 3.23. The summed E-state index contributed by atoms with van der Waals surface area (Å²) in [5, 5.41) is 13.5. The number of rotatable bonds is 6. The molecule has 0 saturated carbocycles. The highest BCUT2D eigenvalue weighted by Crippen LogP contribution is 2.38. The van der Waals surface area contributed by atoms with Crippen LogP contribution in [0.15, 0.2) is 12.4 Å². The van der Waals surface area contributed by atoms with Gasteiger partial charge in [-0.3, -0.25) is 0 Å². The zero-order valence-electron chi connectivity index (χ0n) is 17.3. The van der Waals surface area contributed by atoms with E-state index in [4.69, 9.17) is 0 Å². The number of hydrogen-bond donors (Lipinski definition) is 2. The molecule has 0 bridgehead atoms. The lowest BCUT2D eigenvalue weighted by molar-refractivity contribution is -0.137. The number of halogens is 3. The molecule has 2 N–H and O–H groups in total. The quantitative estimate of drug-likeness (QED) is 0.656. The molecule has 1 aliphatic heterocycles. The predicted molar refractivity (Wildman–Crippen MR) is 111 cm³/mol. The highest BCUT2D eigenvalue weighted by atomic mass is 32.2. The van der Waals surface area contributed by atoms with E-state index in [-0.39, 0.29) is 29.0 Å². The van der Waals surface area contributed by atoms with Crippen LogP contribution in [0.3, 0.4) is 0 Å². The number of nitrogens with zero attached hydrogens (tertiary/aromatic N) is 4. The zero-order valence-corrected chi connectivity index (χ0v) is 18.9. The Kier molecular flexibility index (Phi) is 6.61. The molecular weight excluding hydrogens is 455 g/mol. The molecule has 0 atom stereocenters. The molecule has 3 rings (SSSR count). The minimum atomic E-state index is -4.64. The first-order valence-electron chi connectivity index (χ1n) is 9.56. The van der Waals surface area contributed by atoms with Crippen molar-refractivity contribution in [3.8, 4) is 10.6 Å². The van der Waals surface area contributed by atoms with Gasteiger partial charge in [0, 0.05) is 37.9 Å². The maximum absolute atomic E-state index is 13.5. The van der Waals surface area contributed by atoms with Gasteiger partial charge in [-0.1, -0.05) is 0 Å². The summed E-state index contributed by atoms with van der Waals surface area (Å²) in [7, 11) is -3.27. The van der Waals surface area contributed by atoms with Crippen LogP contribution >= 0.6 is 11.3 Å². The van der Waals surface area contributed by atoms with Crippen LogP contribution in [0.5, 0.6) is 0 Å². The number of hydrogen-bond acceptors (Lipinski definition) is 8. The third kappa shape index (κ3) is 6.34. The smallest absolute Gasteiger partial charge is 0.390 e. The van der Waals surface area contributed by atoms with Crippen LogP contribution in [0.4, 0.5) is 19.1 Å². The first-order valence-corrected chi connectivity index (χ1v) is 12.2. The summed E-state index contributed by atoms with van der Waals surface area (Å²) in [6, 6.07) is -0.158. The Morgan fingerprint density at radius 1 is 1.23 bits per heavy atom.